The molecule has 3 rings (SSSR count). The van der Waals surface area contributed by atoms with Crippen molar-refractivity contribution in [2.75, 3.05) is 5.32 Å². The van der Waals surface area contributed by atoms with E-state index in [0.717, 1.165) is 24.9 Å². The monoisotopic (exact) mass is 381 g/mol. The number of nitrogens with one attached hydrogen (secondary N) is 1. The predicted molar refractivity (Wildman–Crippen MR) is 123 cm³/mol. The third-order valence-corrected chi connectivity index (χ3v) is 4.98. The Kier molecular flexibility index (Phi) is 13.6. The lowest BCUT2D eigenvalue weighted by molar-refractivity contribution is -0.119. The van der Waals surface area contributed by atoms with Gasteiger partial charge in [0.25, 0.3) is 0 Å². The molecule has 28 heavy (non-hydrogen) atoms. The highest BCUT2D eigenvalue weighted by Crippen LogP contribution is 2.25. The molecule has 1 fully saturated rings. The fourth-order valence-corrected chi connectivity index (χ4v) is 3.17. The van der Waals surface area contributed by atoms with Crippen molar-refractivity contribution in [3.05, 3.63) is 66.2 Å². The van der Waals surface area contributed by atoms with E-state index in [4.69, 9.17) is 0 Å². The average molecular weight is 382 g/mol. The van der Waals surface area contributed by atoms with Crippen molar-refractivity contribution in [2.45, 2.75) is 78.6 Å². The highest BCUT2D eigenvalue weighted by molar-refractivity contribution is 5.92. The zero-order chi connectivity index (χ0) is 20.5. The van der Waals surface area contributed by atoms with Gasteiger partial charge in [0.15, 0.2) is 0 Å². The Hall–Kier alpha value is -2.09. The van der Waals surface area contributed by atoms with Crippen molar-refractivity contribution in [2.24, 2.45) is 5.92 Å². The van der Waals surface area contributed by atoms with E-state index in [1.165, 1.54) is 44.1 Å². The van der Waals surface area contributed by atoms with E-state index >= 15 is 0 Å². The molecule has 1 aliphatic rings. The molecule has 0 aliphatic heterocycles. The Balaban J connectivity index is 0.000000238. The van der Waals surface area contributed by atoms with Gasteiger partial charge in [-0.05, 0) is 37.0 Å². The van der Waals surface area contributed by atoms with Crippen molar-refractivity contribution in [1.29, 1.82) is 0 Å². The number of amides is 1. The maximum atomic E-state index is 11.7. The van der Waals surface area contributed by atoms with Gasteiger partial charge in [-0.1, -0.05) is 108 Å². The largest absolute Gasteiger partial charge is 0.326 e. The molecular formula is C26H39NO. The average Bonchev–Trinajstić information content (AvgIpc) is 3.30. The van der Waals surface area contributed by atoms with E-state index in [2.05, 4.69) is 50.4 Å². The molecule has 2 heteroatoms. The Morgan fingerprint density at radius 3 is 1.75 bits per heavy atom. The molecule has 1 N–H and O–H groups in total. The molecular weight excluding hydrogens is 342 g/mol. The van der Waals surface area contributed by atoms with E-state index in [0.29, 0.717) is 0 Å². The smallest absolute Gasteiger partial charge is 0.227 e. The number of rotatable bonds is 6. The first-order chi connectivity index (χ1) is 13.7. The highest BCUT2D eigenvalue weighted by atomic mass is 16.1. The van der Waals surface area contributed by atoms with Gasteiger partial charge in [-0.2, -0.15) is 0 Å². The number of anilines is 1. The first kappa shape index (κ1) is 23.9. The van der Waals surface area contributed by atoms with Crippen LogP contribution in [0, 0.1) is 5.92 Å². The van der Waals surface area contributed by atoms with Crippen LogP contribution in [0.15, 0.2) is 60.7 Å². The first-order valence-corrected chi connectivity index (χ1v) is 11.1. The highest BCUT2D eigenvalue weighted by Gasteiger charge is 2.22. The van der Waals surface area contributed by atoms with Gasteiger partial charge in [-0.25, -0.2) is 0 Å². The molecule has 0 aromatic heterocycles. The van der Waals surface area contributed by atoms with Crippen molar-refractivity contribution in [1.82, 2.24) is 0 Å². The minimum absolute atomic E-state index is 0.189. The fraction of sp³-hybridized carbons (Fsp3) is 0.500. The predicted octanol–water partition coefficient (Wildman–Crippen LogP) is 7.65. The van der Waals surface area contributed by atoms with Crippen LogP contribution in [-0.4, -0.2) is 5.91 Å². The Morgan fingerprint density at radius 2 is 1.32 bits per heavy atom. The summed E-state index contributed by atoms with van der Waals surface area (Å²) < 4.78 is 0. The first-order valence-electron chi connectivity index (χ1n) is 11.1. The molecule has 0 bridgehead atoms. The third-order valence-electron chi connectivity index (χ3n) is 4.98. The quantitative estimate of drug-likeness (QED) is 0.511. The van der Waals surface area contributed by atoms with E-state index in [-0.39, 0.29) is 11.8 Å². The van der Waals surface area contributed by atoms with Gasteiger partial charge >= 0.3 is 0 Å². The second-order valence-electron chi connectivity index (χ2n) is 7.38. The second-order valence-corrected chi connectivity index (χ2v) is 7.38. The Morgan fingerprint density at radius 1 is 0.821 bits per heavy atom. The molecule has 2 nitrogen and oxygen atoms in total. The zero-order valence-corrected chi connectivity index (χ0v) is 18.1. The third kappa shape index (κ3) is 10.9. The fourth-order valence-electron chi connectivity index (χ4n) is 3.17. The standard InChI is InChI=1S/C12H15NO.C8H10.C6H14/c14-12(10-6-4-5-7-10)13-11-8-2-1-3-9-11;1-2-8-6-4-3-5-7-8;1-3-5-6-4-2/h1-3,8-10H,4-7H2,(H,13,14);3-7H,2H2,1H3;3-6H2,1-2H3. The molecule has 0 atom stereocenters. The van der Waals surface area contributed by atoms with E-state index in [1.807, 2.05) is 36.4 Å². The van der Waals surface area contributed by atoms with Crippen molar-refractivity contribution >= 4 is 11.6 Å². The molecule has 2 aromatic rings. The molecule has 0 spiro atoms. The van der Waals surface area contributed by atoms with Gasteiger partial charge in [0.2, 0.25) is 5.91 Å². The second kappa shape index (κ2) is 15.9. The minimum atomic E-state index is 0.189. The number of unbranched alkanes of at least 4 members (excludes halogenated alkanes) is 3. The summed E-state index contributed by atoms with van der Waals surface area (Å²) in [6, 6.07) is 20.1. The lowest BCUT2D eigenvalue weighted by Crippen LogP contribution is -2.20. The van der Waals surface area contributed by atoms with Crippen LogP contribution in [0.3, 0.4) is 0 Å². The maximum Gasteiger partial charge on any atom is 0.227 e. The Labute approximate surface area is 172 Å². The van der Waals surface area contributed by atoms with E-state index < -0.39 is 0 Å². The molecule has 0 unspecified atom stereocenters. The van der Waals surface area contributed by atoms with Crippen LogP contribution in [0.2, 0.25) is 0 Å². The number of carbonyl (C=O) groups is 1. The number of benzene rings is 2. The summed E-state index contributed by atoms with van der Waals surface area (Å²) >= 11 is 0. The topological polar surface area (TPSA) is 29.1 Å². The maximum absolute atomic E-state index is 11.7. The van der Waals surface area contributed by atoms with Gasteiger partial charge in [0.05, 0.1) is 0 Å². The van der Waals surface area contributed by atoms with Crippen LogP contribution >= 0.6 is 0 Å². The summed E-state index contributed by atoms with van der Waals surface area (Å²) in [6.45, 7) is 6.63. The molecule has 2 aromatic carbocycles. The number of hydrogen-bond donors (Lipinski definition) is 1. The number of hydrogen-bond acceptors (Lipinski definition) is 1. The summed E-state index contributed by atoms with van der Waals surface area (Å²) in [5.74, 6) is 0.434. The van der Waals surface area contributed by atoms with Crippen LogP contribution in [0.25, 0.3) is 0 Å². The van der Waals surface area contributed by atoms with Crippen LogP contribution in [-0.2, 0) is 11.2 Å². The summed E-state index contributed by atoms with van der Waals surface area (Å²) in [5.41, 5.74) is 2.32. The Bertz CT molecular complexity index is 599. The normalized spacial score (nSPS) is 13.0. The van der Waals surface area contributed by atoms with Crippen molar-refractivity contribution < 1.29 is 4.79 Å². The summed E-state index contributed by atoms with van der Waals surface area (Å²) in [5, 5.41) is 2.94. The molecule has 154 valence electrons. The molecule has 0 radical (unpaired) electrons. The molecule has 0 heterocycles. The van der Waals surface area contributed by atoms with Crippen molar-refractivity contribution in [3.8, 4) is 0 Å². The van der Waals surface area contributed by atoms with Crippen LogP contribution in [0.4, 0.5) is 5.69 Å². The molecule has 0 saturated heterocycles. The van der Waals surface area contributed by atoms with Crippen LogP contribution in [0.5, 0.6) is 0 Å². The SMILES string of the molecule is CCCCCC.CCc1ccccc1.O=C(Nc1ccccc1)C1CCCC1. The number of carbonyl (C=O) groups excluding carboxylic acids is 1. The van der Waals surface area contributed by atoms with Gasteiger partial charge in [-0.3, -0.25) is 4.79 Å². The lowest BCUT2D eigenvalue weighted by Gasteiger charge is -2.09. The summed E-state index contributed by atoms with van der Waals surface area (Å²) in [4.78, 5) is 11.7. The number of para-hydroxylation sites is 1. The molecule has 1 aliphatic carbocycles. The van der Waals surface area contributed by atoms with Gasteiger partial charge < -0.3 is 5.32 Å². The van der Waals surface area contributed by atoms with Crippen molar-refractivity contribution in [3.63, 3.8) is 0 Å². The summed E-state index contributed by atoms with van der Waals surface area (Å²) in [6.07, 6.45) is 11.2. The molecule has 1 amide bonds. The molecule has 1 saturated carbocycles. The van der Waals surface area contributed by atoms with E-state index in [1.54, 1.807) is 0 Å². The zero-order valence-electron chi connectivity index (χ0n) is 18.1. The lowest BCUT2D eigenvalue weighted by atomic mass is 10.1. The minimum Gasteiger partial charge on any atom is -0.326 e. The summed E-state index contributed by atoms with van der Waals surface area (Å²) in [7, 11) is 0. The van der Waals surface area contributed by atoms with E-state index in [9.17, 15) is 4.79 Å². The van der Waals surface area contributed by atoms with Gasteiger partial charge in [0.1, 0.15) is 0 Å². The number of aryl methyl sites for hydroxylation is 1. The van der Waals surface area contributed by atoms with Crippen LogP contribution < -0.4 is 5.32 Å². The van der Waals surface area contributed by atoms with Gasteiger partial charge in [0, 0.05) is 11.6 Å². The van der Waals surface area contributed by atoms with Gasteiger partial charge in [-0.15, -0.1) is 0 Å². The van der Waals surface area contributed by atoms with Crippen LogP contribution in [0.1, 0.15) is 77.7 Å².